The molecule has 0 saturated carbocycles. The fraction of sp³-hybridized carbons (Fsp3) is 0.294. The van der Waals surface area contributed by atoms with E-state index in [1.807, 2.05) is 12.1 Å². The Morgan fingerprint density at radius 3 is 2.45 bits per heavy atom. The Morgan fingerprint density at radius 1 is 1.10 bits per heavy atom. The molecule has 0 aliphatic heterocycles. The minimum absolute atomic E-state index is 0.0734. The predicted octanol–water partition coefficient (Wildman–Crippen LogP) is 5.39. The Morgan fingerprint density at radius 2 is 1.80 bits per heavy atom. The van der Waals surface area contributed by atoms with Gasteiger partial charge in [-0.25, -0.2) is 4.39 Å². The van der Waals surface area contributed by atoms with E-state index < -0.39 is 0 Å². The van der Waals surface area contributed by atoms with Crippen molar-refractivity contribution < 1.29 is 4.39 Å². The van der Waals surface area contributed by atoms with Gasteiger partial charge in [-0.05, 0) is 34.7 Å². The van der Waals surface area contributed by atoms with E-state index in [0.29, 0.717) is 6.54 Å². The van der Waals surface area contributed by atoms with Crippen molar-refractivity contribution in [2.45, 2.75) is 32.7 Å². The summed E-state index contributed by atoms with van der Waals surface area (Å²) < 4.78 is 13.1. The SMILES string of the molecule is CC(C)(C)c1ccccc1NCc1ccc(F)c(Cl)c1. The molecule has 0 unspecified atom stereocenters. The van der Waals surface area contributed by atoms with Gasteiger partial charge in [0.2, 0.25) is 0 Å². The normalized spacial score (nSPS) is 11.4. The van der Waals surface area contributed by atoms with Crippen LogP contribution in [-0.4, -0.2) is 0 Å². The molecule has 2 aromatic rings. The van der Waals surface area contributed by atoms with Gasteiger partial charge in [-0.3, -0.25) is 0 Å². The van der Waals surface area contributed by atoms with Crippen molar-refractivity contribution in [1.29, 1.82) is 0 Å². The van der Waals surface area contributed by atoms with Crippen molar-refractivity contribution in [2.24, 2.45) is 0 Å². The first-order valence-electron chi connectivity index (χ1n) is 6.65. The maximum atomic E-state index is 13.1. The summed E-state index contributed by atoms with van der Waals surface area (Å²) in [6, 6.07) is 13.0. The van der Waals surface area contributed by atoms with Gasteiger partial charge in [0.1, 0.15) is 5.82 Å². The van der Waals surface area contributed by atoms with Crippen LogP contribution >= 0.6 is 11.6 Å². The van der Waals surface area contributed by atoms with Crippen LogP contribution in [0.4, 0.5) is 10.1 Å². The summed E-state index contributed by atoms with van der Waals surface area (Å²) in [6.07, 6.45) is 0. The van der Waals surface area contributed by atoms with E-state index in [4.69, 9.17) is 11.6 Å². The third-order valence-corrected chi connectivity index (χ3v) is 3.49. The van der Waals surface area contributed by atoms with Crippen LogP contribution in [0.25, 0.3) is 0 Å². The summed E-state index contributed by atoms with van der Waals surface area (Å²) in [5, 5.41) is 3.56. The molecule has 0 heterocycles. The number of rotatable bonds is 3. The minimum atomic E-state index is -0.384. The van der Waals surface area contributed by atoms with Gasteiger partial charge in [0.25, 0.3) is 0 Å². The molecule has 0 atom stereocenters. The molecule has 1 N–H and O–H groups in total. The summed E-state index contributed by atoms with van der Waals surface area (Å²) in [5.74, 6) is -0.384. The summed E-state index contributed by atoms with van der Waals surface area (Å²) in [7, 11) is 0. The highest BCUT2D eigenvalue weighted by molar-refractivity contribution is 6.30. The lowest BCUT2D eigenvalue weighted by atomic mass is 9.86. The summed E-state index contributed by atoms with van der Waals surface area (Å²) in [4.78, 5) is 0. The Bertz CT molecular complexity index is 602. The zero-order valence-electron chi connectivity index (χ0n) is 12.0. The smallest absolute Gasteiger partial charge is 0.141 e. The van der Waals surface area contributed by atoms with Gasteiger partial charge < -0.3 is 5.32 Å². The molecule has 0 aliphatic carbocycles. The molecule has 20 heavy (non-hydrogen) atoms. The zero-order valence-corrected chi connectivity index (χ0v) is 12.8. The quantitative estimate of drug-likeness (QED) is 0.799. The van der Waals surface area contributed by atoms with Gasteiger partial charge in [0.05, 0.1) is 5.02 Å². The van der Waals surface area contributed by atoms with Crippen molar-refractivity contribution in [3.8, 4) is 0 Å². The largest absolute Gasteiger partial charge is 0.381 e. The van der Waals surface area contributed by atoms with Crippen molar-refractivity contribution in [3.05, 3.63) is 64.4 Å². The summed E-state index contributed by atoms with van der Waals surface area (Å²) >= 11 is 5.80. The van der Waals surface area contributed by atoms with Gasteiger partial charge in [0, 0.05) is 12.2 Å². The first-order chi connectivity index (χ1) is 9.38. The monoisotopic (exact) mass is 291 g/mol. The lowest BCUT2D eigenvalue weighted by Gasteiger charge is -2.23. The van der Waals surface area contributed by atoms with Crippen LogP contribution in [0, 0.1) is 5.82 Å². The Kier molecular flexibility index (Phi) is 4.34. The maximum absolute atomic E-state index is 13.1. The molecule has 0 spiro atoms. The van der Waals surface area contributed by atoms with Crippen LogP contribution < -0.4 is 5.32 Å². The topological polar surface area (TPSA) is 12.0 Å². The van der Waals surface area contributed by atoms with E-state index in [1.54, 1.807) is 12.1 Å². The number of hydrogen-bond donors (Lipinski definition) is 1. The van der Waals surface area contributed by atoms with Crippen molar-refractivity contribution in [2.75, 3.05) is 5.32 Å². The zero-order chi connectivity index (χ0) is 14.8. The van der Waals surface area contributed by atoms with Gasteiger partial charge in [0.15, 0.2) is 0 Å². The molecule has 106 valence electrons. The number of anilines is 1. The Labute approximate surface area is 124 Å². The molecule has 0 aromatic heterocycles. The fourth-order valence-corrected chi connectivity index (χ4v) is 2.34. The van der Waals surface area contributed by atoms with Crippen LogP contribution in [0.1, 0.15) is 31.9 Å². The lowest BCUT2D eigenvalue weighted by Crippen LogP contribution is -2.14. The first-order valence-corrected chi connectivity index (χ1v) is 7.03. The second-order valence-electron chi connectivity index (χ2n) is 5.90. The predicted molar refractivity (Wildman–Crippen MR) is 83.9 cm³/mol. The fourth-order valence-electron chi connectivity index (χ4n) is 2.14. The molecule has 2 aromatic carbocycles. The van der Waals surface area contributed by atoms with Crippen LogP contribution in [0.15, 0.2) is 42.5 Å². The van der Waals surface area contributed by atoms with Crippen molar-refractivity contribution in [1.82, 2.24) is 0 Å². The van der Waals surface area contributed by atoms with Gasteiger partial charge in [-0.1, -0.05) is 56.6 Å². The number of para-hydroxylation sites is 1. The van der Waals surface area contributed by atoms with Gasteiger partial charge in [-0.15, -0.1) is 0 Å². The van der Waals surface area contributed by atoms with E-state index in [9.17, 15) is 4.39 Å². The number of halogens is 2. The van der Waals surface area contributed by atoms with E-state index in [1.165, 1.54) is 11.6 Å². The van der Waals surface area contributed by atoms with Crippen molar-refractivity contribution in [3.63, 3.8) is 0 Å². The molecule has 3 heteroatoms. The Balaban J connectivity index is 2.17. The highest BCUT2D eigenvalue weighted by Crippen LogP contribution is 2.29. The lowest BCUT2D eigenvalue weighted by molar-refractivity contribution is 0.591. The van der Waals surface area contributed by atoms with Gasteiger partial charge >= 0.3 is 0 Å². The maximum Gasteiger partial charge on any atom is 0.141 e. The van der Waals surface area contributed by atoms with Crippen LogP contribution in [0.5, 0.6) is 0 Å². The Hall–Kier alpha value is -1.54. The molecule has 0 fully saturated rings. The van der Waals surface area contributed by atoms with Gasteiger partial charge in [-0.2, -0.15) is 0 Å². The second-order valence-corrected chi connectivity index (χ2v) is 6.30. The average Bonchev–Trinajstić information content (AvgIpc) is 2.39. The number of hydrogen-bond acceptors (Lipinski definition) is 1. The van der Waals surface area contributed by atoms with E-state index in [0.717, 1.165) is 11.3 Å². The number of benzene rings is 2. The minimum Gasteiger partial charge on any atom is -0.381 e. The average molecular weight is 292 g/mol. The highest BCUT2D eigenvalue weighted by atomic mass is 35.5. The molecule has 0 amide bonds. The van der Waals surface area contributed by atoms with Crippen LogP contribution in [-0.2, 0) is 12.0 Å². The standard InChI is InChI=1S/C17H19ClFN/c1-17(2,3)13-6-4-5-7-16(13)20-11-12-8-9-15(19)14(18)10-12/h4-10,20H,11H2,1-3H3. The highest BCUT2D eigenvalue weighted by Gasteiger charge is 2.17. The molecule has 1 nitrogen and oxygen atoms in total. The van der Waals surface area contributed by atoms with E-state index >= 15 is 0 Å². The molecular formula is C17H19ClFN. The van der Waals surface area contributed by atoms with E-state index in [-0.39, 0.29) is 16.3 Å². The first kappa shape index (κ1) is 14.9. The van der Waals surface area contributed by atoms with Crippen molar-refractivity contribution >= 4 is 17.3 Å². The third kappa shape index (κ3) is 3.51. The van der Waals surface area contributed by atoms with Crippen LogP contribution in [0.3, 0.4) is 0 Å². The van der Waals surface area contributed by atoms with Crippen LogP contribution in [0.2, 0.25) is 5.02 Å². The molecule has 0 radical (unpaired) electrons. The molecule has 2 rings (SSSR count). The second kappa shape index (κ2) is 5.84. The summed E-state index contributed by atoms with van der Waals surface area (Å²) in [6.45, 7) is 7.17. The third-order valence-electron chi connectivity index (χ3n) is 3.20. The molecule has 0 saturated heterocycles. The molecule has 0 bridgehead atoms. The molecular weight excluding hydrogens is 273 g/mol. The summed E-state index contributed by atoms with van der Waals surface area (Å²) in [5.41, 5.74) is 3.39. The molecule has 0 aliphatic rings. The van der Waals surface area contributed by atoms with E-state index in [2.05, 4.69) is 38.2 Å². The number of nitrogens with one attached hydrogen (secondary N) is 1.